The summed E-state index contributed by atoms with van der Waals surface area (Å²) in [5, 5.41) is 11.7. The van der Waals surface area contributed by atoms with Crippen molar-refractivity contribution in [2.75, 3.05) is 18.0 Å². The van der Waals surface area contributed by atoms with E-state index in [0.717, 1.165) is 12.8 Å². The number of hydrogen-bond donors (Lipinski definition) is 2. The van der Waals surface area contributed by atoms with Gasteiger partial charge in [0.25, 0.3) is 0 Å². The average Bonchev–Trinajstić information content (AvgIpc) is 2.80. The first-order valence-electron chi connectivity index (χ1n) is 7.85. The Kier molecular flexibility index (Phi) is 4.04. The molecule has 25 heavy (non-hydrogen) atoms. The summed E-state index contributed by atoms with van der Waals surface area (Å²) >= 11 is 11.7. The number of aromatic nitrogens is 3. The van der Waals surface area contributed by atoms with Gasteiger partial charge in [0.2, 0.25) is 5.28 Å². The fourth-order valence-electron chi connectivity index (χ4n) is 4.01. The van der Waals surface area contributed by atoms with Gasteiger partial charge in [0.15, 0.2) is 11.0 Å². The molecule has 0 spiro atoms. The molecule has 2 bridgehead atoms. The molecule has 1 saturated carbocycles. The molecule has 132 valence electrons. The molecule has 1 aliphatic heterocycles. The van der Waals surface area contributed by atoms with Crippen molar-refractivity contribution < 1.29 is 14.3 Å². The number of rotatable bonds is 2. The van der Waals surface area contributed by atoms with Crippen LogP contribution in [0.3, 0.4) is 0 Å². The topological polar surface area (TPSA) is 91.2 Å². The van der Waals surface area contributed by atoms with E-state index in [9.17, 15) is 9.18 Å². The standard InChI is InChI=1S/C15H14Cl2FN5O2/c16-12-9(18)11-8(3-19-12)13(22-14(17)20-11)23-4-6-1-2-7(5-23)10(6)21-15(24)25/h3,6-7,10,21H,1-2,4-5H2,(H,24,25)/t6-,7+,10?. The van der Waals surface area contributed by atoms with E-state index in [1.54, 1.807) is 0 Å². The van der Waals surface area contributed by atoms with Crippen molar-refractivity contribution in [1.82, 2.24) is 20.3 Å². The zero-order chi connectivity index (χ0) is 17.7. The van der Waals surface area contributed by atoms with Crippen molar-refractivity contribution in [2.24, 2.45) is 11.8 Å². The number of halogens is 3. The minimum absolute atomic E-state index is 0.0353. The van der Waals surface area contributed by atoms with E-state index in [2.05, 4.69) is 20.3 Å². The molecule has 1 aliphatic carbocycles. The molecule has 2 N–H and O–H groups in total. The summed E-state index contributed by atoms with van der Waals surface area (Å²) in [7, 11) is 0. The van der Waals surface area contributed by atoms with Crippen molar-refractivity contribution in [2.45, 2.75) is 18.9 Å². The molecule has 0 aromatic carbocycles. The van der Waals surface area contributed by atoms with Crippen LogP contribution in [-0.4, -0.2) is 45.3 Å². The Morgan fingerprint density at radius 2 is 1.96 bits per heavy atom. The number of piperidine rings is 1. The number of anilines is 1. The highest BCUT2D eigenvalue weighted by Gasteiger charge is 2.43. The summed E-state index contributed by atoms with van der Waals surface area (Å²) < 4.78 is 14.3. The van der Waals surface area contributed by atoms with Crippen LogP contribution in [0.15, 0.2) is 6.20 Å². The maximum absolute atomic E-state index is 14.3. The second-order valence-electron chi connectivity index (χ2n) is 6.42. The Hall–Kier alpha value is -1.93. The highest BCUT2D eigenvalue weighted by Crippen LogP contribution is 2.40. The minimum Gasteiger partial charge on any atom is -0.465 e. The molecular weight excluding hydrogens is 372 g/mol. The smallest absolute Gasteiger partial charge is 0.404 e. The van der Waals surface area contributed by atoms with Gasteiger partial charge in [0.05, 0.1) is 5.39 Å². The largest absolute Gasteiger partial charge is 0.465 e. The van der Waals surface area contributed by atoms with E-state index in [1.165, 1.54) is 6.20 Å². The lowest BCUT2D eigenvalue weighted by Gasteiger charge is -2.38. The van der Waals surface area contributed by atoms with Crippen LogP contribution in [0.4, 0.5) is 15.0 Å². The summed E-state index contributed by atoms with van der Waals surface area (Å²) in [6.07, 6.45) is 2.30. The predicted molar refractivity (Wildman–Crippen MR) is 90.7 cm³/mol. The monoisotopic (exact) mass is 385 g/mol. The maximum Gasteiger partial charge on any atom is 0.404 e. The molecule has 1 saturated heterocycles. The van der Waals surface area contributed by atoms with Gasteiger partial charge in [-0.15, -0.1) is 0 Å². The Morgan fingerprint density at radius 3 is 2.60 bits per heavy atom. The van der Waals surface area contributed by atoms with Crippen LogP contribution in [0.2, 0.25) is 10.4 Å². The predicted octanol–water partition coefficient (Wildman–Crippen LogP) is 2.95. The first-order valence-corrected chi connectivity index (χ1v) is 8.61. The molecule has 7 nitrogen and oxygen atoms in total. The maximum atomic E-state index is 14.3. The second kappa shape index (κ2) is 6.10. The molecule has 2 aliphatic rings. The highest BCUT2D eigenvalue weighted by molar-refractivity contribution is 6.30. The second-order valence-corrected chi connectivity index (χ2v) is 7.12. The molecule has 2 aromatic heterocycles. The van der Waals surface area contributed by atoms with Gasteiger partial charge < -0.3 is 15.3 Å². The summed E-state index contributed by atoms with van der Waals surface area (Å²) in [6.45, 7) is 1.21. The normalized spacial score (nSPS) is 25.4. The fraction of sp³-hybridized carbons (Fsp3) is 0.467. The molecule has 4 rings (SSSR count). The summed E-state index contributed by atoms with van der Waals surface area (Å²) in [5.74, 6) is 0.117. The van der Waals surface area contributed by atoms with Crippen LogP contribution in [0.25, 0.3) is 10.9 Å². The molecule has 2 fully saturated rings. The van der Waals surface area contributed by atoms with E-state index >= 15 is 0 Å². The first-order chi connectivity index (χ1) is 11.9. The van der Waals surface area contributed by atoms with Crippen molar-refractivity contribution in [3.05, 3.63) is 22.5 Å². The van der Waals surface area contributed by atoms with Crippen molar-refractivity contribution >= 4 is 46.0 Å². The molecule has 3 atom stereocenters. The van der Waals surface area contributed by atoms with Gasteiger partial charge in [-0.1, -0.05) is 11.6 Å². The molecule has 0 radical (unpaired) electrons. The summed E-state index contributed by atoms with van der Waals surface area (Å²) in [5.41, 5.74) is 0.0353. The number of carbonyl (C=O) groups is 1. The van der Waals surface area contributed by atoms with Crippen molar-refractivity contribution in [1.29, 1.82) is 0 Å². The van der Waals surface area contributed by atoms with Crippen LogP contribution in [-0.2, 0) is 0 Å². The zero-order valence-electron chi connectivity index (χ0n) is 12.9. The number of pyridine rings is 1. The number of nitrogens with zero attached hydrogens (tertiary/aromatic N) is 4. The molecule has 3 heterocycles. The third-order valence-corrected chi connectivity index (χ3v) is 5.45. The van der Waals surface area contributed by atoms with Crippen LogP contribution in [0, 0.1) is 17.7 Å². The van der Waals surface area contributed by atoms with Gasteiger partial charge in [-0.05, 0) is 36.3 Å². The van der Waals surface area contributed by atoms with E-state index in [0.29, 0.717) is 24.3 Å². The molecule has 2 aromatic rings. The van der Waals surface area contributed by atoms with Gasteiger partial charge in [0, 0.05) is 25.3 Å². The first kappa shape index (κ1) is 16.5. The molecule has 1 unspecified atom stereocenters. The third kappa shape index (κ3) is 2.83. The number of carboxylic acid groups (broad SMARTS) is 1. The third-order valence-electron chi connectivity index (χ3n) is 5.02. The van der Waals surface area contributed by atoms with Gasteiger partial charge in [-0.3, -0.25) is 0 Å². The zero-order valence-corrected chi connectivity index (χ0v) is 14.4. The Balaban J connectivity index is 1.72. The minimum atomic E-state index is -1.01. The van der Waals surface area contributed by atoms with Crippen molar-refractivity contribution in [3.63, 3.8) is 0 Å². The van der Waals surface area contributed by atoms with Gasteiger partial charge in [0.1, 0.15) is 11.3 Å². The Labute approximate surface area is 152 Å². The van der Waals surface area contributed by atoms with E-state index in [1.807, 2.05) is 4.90 Å². The molecule has 1 amide bonds. The summed E-state index contributed by atoms with van der Waals surface area (Å²) in [4.78, 5) is 25.1. The Morgan fingerprint density at radius 1 is 1.28 bits per heavy atom. The summed E-state index contributed by atoms with van der Waals surface area (Å²) in [6, 6.07) is -0.0679. The Bertz CT molecular complexity index is 853. The van der Waals surface area contributed by atoms with Gasteiger partial charge in [-0.25, -0.2) is 19.2 Å². The van der Waals surface area contributed by atoms with E-state index in [4.69, 9.17) is 28.3 Å². The number of fused-ring (bicyclic) bond motifs is 3. The van der Waals surface area contributed by atoms with Crippen LogP contribution in [0.5, 0.6) is 0 Å². The lowest BCUT2D eigenvalue weighted by Crippen LogP contribution is -2.52. The highest BCUT2D eigenvalue weighted by atomic mass is 35.5. The fourth-order valence-corrected chi connectivity index (χ4v) is 4.31. The van der Waals surface area contributed by atoms with Crippen LogP contribution >= 0.6 is 23.2 Å². The van der Waals surface area contributed by atoms with E-state index in [-0.39, 0.29) is 33.8 Å². The van der Waals surface area contributed by atoms with Gasteiger partial charge in [-0.2, -0.15) is 4.98 Å². The lowest BCUT2D eigenvalue weighted by molar-refractivity contribution is 0.178. The van der Waals surface area contributed by atoms with Crippen LogP contribution in [0.1, 0.15) is 12.8 Å². The number of hydrogen-bond acceptors (Lipinski definition) is 5. The van der Waals surface area contributed by atoms with Crippen LogP contribution < -0.4 is 10.2 Å². The molecule has 10 heteroatoms. The quantitative estimate of drug-likeness (QED) is 0.609. The van der Waals surface area contributed by atoms with E-state index < -0.39 is 11.9 Å². The number of amides is 1. The number of nitrogens with one attached hydrogen (secondary N) is 1. The van der Waals surface area contributed by atoms with Crippen molar-refractivity contribution in [3.8, 4) is 0 Å². The SMILES string of the molecule is O=C(O)NC1[C@@H]2CC[C@H]1CN(c1nc(Cl)nc3c(F)c(Cl)ncc13)C2. The average molecular weight is 386 g/mol. The van der Waals surface area contributed by atoms with Gasteiger partial charge >= 0.3 is 6.09 Å². The lowest BCUT2D eigenvalue weighted by atomic mass is 9.92. The molecular formula is C15H14Cl2FN5O2.